The predicted octanol–water partition coefficient (Wildman–Crippen LogP) is 13.6. The standard InChI is InChI=1S/C63H50O6/c1-3-7-43-29-45(11-9-41(43)5-1)51-17-23-59-60-24-18-52(46-12-10-42-6-2-4-8-44(42)30-46)36-62(60)63(61(59)35-51,53-19-13-49-33-55(21-15-47(49)31-53)66-27-25-64-37-57-39-68-57)54-20-14-50-34-56(22-16-48(50)32-54)67-28-26-65-38-58-40-69-58/h1-24,29-36,57-58H,25-28,37-40H2. The van der Waals surface area contributed by atoms with Gasteiger partial charge in [0, 0.05) is 0 Å². The molecule has 13 rings (SSSR count). The SMILES string of the molecule is c1ccc2cc(-c3ccc4c(c3)C(c3ccc5cc(OCCOCC6CO6)ccc5c3)(c3ccc5cc(OCCOCC6CO6)ccc5c3)c3cc(-c5ccc6ccccc6c5)ccc3-4)ccc2c1. The summed E-state index contributed by atoms with van der Waals surface area (Å²) in [6.45, 7) is 4.80. The van der Waals surface area contributed by atoms with Gasteiger partial charge in [0.2, 0.25) is 0 Å². The van der Waals surface area contributed by atoms with Gasteiger partial charge in [-0.05, 0) is 159 Å². The van der Waals surface area contributed by atoms with Crippen LogP contribution >= 0.6 is 0 Å². The van der Waals surface area contributed by atoms with Gasteiger partial charge in [-0.3, -0.25) is 0 Å². The first-order valence-corrected chi connectivity index (χ1v) is 24.1. The van der Waals surface area contributed by atoms with Crippen LogP contribution in [-0.2, 0) is 24.4 Å². The molecule has 0 aromatic heterocycles. The molecule has 10 aromatic rings. The summed E-state index contributed by atoms with van der Waals surface area (Å²) >= 11 is 0. The Hall–Kier alpha value is -7.32. The van der Waals surface area contributed by atoms with Crippen LogP contribution in [0.2, 0.25) is 0 Å². The maximum Gasteiger partial charge on any atom is 0.120 e. The molecule has 2 heterocycles. The van der Waals surface area contributed by atoms with E-state index in [-0.39, 0.29) is 12.2 Å². The lowest BCUT2D eigenvalue weighted by Crippen LogP contribution is -2.28. The van der Waals surface area contributed by atoms with Crippen LogP contribution in [-0.4, -0.2) is 65.1 Å². The van der Waals surface area contributed by atoms with E-state index in [1.165, 1.54) is 77.2 Å². The maximum absolute atomic E-state index is 6.20. The Morgan fingerprint density at radius 3 is 1.20 bits per heavy atom. The van der Waals surface area contributed by atoms with E-state index in [2.05, 4.69) is 194 Å². The van der Waals surface area contributed by atoms with E-state index in [4.69, 9.17) is 28.4 Å². The van der Waals surface area contributed by atoms with E-state index in [0.29, 0.717) is 39.6 Å². The van der Waals surface area contributed by atoms with Gasteiger partial charge in [0.15, 0.2) is 0 Å². The highest BCUT2D eigenvalue weighted by Crippen LogP contribution is 2.58. The van der Waals surface area contributed by atoms with E-state index >= 15 is 0 Å². The Morgan fingerprint density at radius 1 is 0.362 bits per heavy atom. The lowest BCUT2D eigenvalue weighted by Gasteiger charge is -2.35. The molecule has 69 heavy (non-hydrogen) atoms. The fraction of sp³-hybridized carbons (Fsp3) is 0.175. The second kappa shape index (κ2) is 17.6. The van der Waals surface area contributed by atoms with Gasteiger partial charge < -0.3 is 28.4 Å². The van der Waals surface area contributed by atoms with Gasteiger partial charge in [-0.2, -0.15) is 0 Å². The Morgan fingerprint density at radius 2 is 0.739 bits per heavy atom. The van der Waals surface area contributed by atoms with Crippen LogP contribution in [0, 0.1) is 0 Å². The van der Waals surface area contributed by atoms with Crippen molar-refractivity contribution in [2.45, 2.75) is 17.6 Å². The highest BCUT2D eigenvalue weighted by atomic mass is 16.6. The topological polar surface area (TPSA) is 62.0 Å². The zero-order valence-corrected chi connectivity index (χ0v) is 38.2. The predicted molar refractivity (Wildman–Crippen MR) is 277 cm³/mol. The van der Waals surface area contributed by atoms with Gasteiger partial charge in [-0.15, -0.1) is 0 Å². The first kappa shape index (κ1) is 41.8. The van der Waals surface area contributed by atoms with Crippen LogP contribution in [0.5, 0.6) is 11.5 Å². The monoisotopic (exact) mass is 902 g/mol. The van der Waals surface area contributed by atoms with Gasteiger partial charge in [0.1, 0.15) is 36.9 Å². The highest BCUT2D eigenvalue weighted by molar-refractivity contribution is 5.96. The number of epoxide rings is 2. The molecule has 338 valence electrons. The van der Waals surface area contributed by atoms with Crippen LogP contribution in [0.3, 0.4) is 0 Å². The van der Waals surface area contributed by atoms with Crippen molar-refractivity contribution >= 4 is 43.1 Å². The van der Waals surface area contributed by atoms with Crippen LogP contribution < -0.4 is 9.47 Å². The summed E-state index contributed by atoms with van der Waals surface area (Å²) in [4.78, 5) is 0. The first-order chi connectivity index (χ1) is 34.1. The fourth-order valence-corrected chi connectivity index (χ4v) is 10.5. The molecule has 6 heteroatoms. The van der Waals surface area contributed by atoms with Gasteiger partial charge in [-0.1, -0.05) is 133 Å². The molecule has 10 aromatic carbocycles. The van der Waals surface area contributed by atoms with Crippen molar-refractivity contribution in [3.8, 4) is 44.9 Å². The van der Waals surface area contributed by atoms with E-state index < -0.39 is 5.41 Å². The van der Waals surface area contributed by atoms with Crippen molar-refractivity contribution in [3.05, 3.63) is 216 Å². The molecule has 0 N–H and O–H groups in total. The number of hydrogen-bond acceptors (Lipinski definition) is 6. The Balaban J connectivity index is 0.976. The number of fused-ring (bicyclic) bond motifs is 7. The Bertz CT molecular complexity index is 3330. The van der Waals surface area contributed by atoms with Crippen LogP contribution in [0.4, 0.5) is 0 Å². The summed E-state index contributed by atoms with van der Waals surface area (Å²) in [7, 11) is 0. The summed E-state index contributed by atoms with van der Waals surface area (Å²) in [5.41, 5.74) is 11.4. The lowest BCUT2D eigenvalue weighted by molar-refractivity contribution is 0.0879. The molecule has 2 unspecified atom stereocenters. The third-order valence-corrected chi connectivity index (χ3v) is 14.2. The molecule has 2 saturated heterocycles. The highest BCUT2D eigenvalue weighted by Gasteiger charge is 2.47. The Kier molecular flexibility index (Phi) is 10.7. The average molecular weight is 903 g/mol. The zero-order valence-electron chi connectivity index (χ0n) is 38.2. The maximum atomic E-state index is 6.20. The molecule has 0 saturated carbocycles. The summed E-state index contributed by atoms with van der Waals surface area (Å²) in [5, 5.41) is 9.42. The van der Waals surface area contributed by atoms with E-state index in [0.717, 1.165) is 46.3 Å². The van der Waals surface area contributed by atoms with Crippen molar-refractivity contribution < 1.29 is 28.4 Å². The fourth-order valence-electron chi connectivity index (χ4n) is 10.5. The largest absolute Gasteiger partial charge is 0.491 e. The van der Waals surface area contributed by atoms with Crippen LogP contribution in [0.1, 0.15) is 22.3 Å². The average Bonchev–Trinajstić information content (AvgIpc) is 4.36. The number of benzene rings is 10. The number of ether oxygens (including phenoxy) is 6. The molecular formula is C63H50O6. The van der Waals surface area contributed by atoms with Crippen LogP contribution in [0.25, 0.3) is 76.5 Å². The third kappa shape index (κ3) is 8.09. The molecule has 2 fully saturated rings. The minimum absolute atomic E-state index is 0.239. The van der Waals surface area contributed by atoms with Gasteiger partial charge >= 0.3 is 0 Å². The molecule has 0 amide bonds. The van der Waals surface area contributed by atoms with E-state index in [1.807, 2.05) is 0 Å². The summed E-state index contributed by atoms with van der Waals surface area (Å²) in [6, 6.07) is 72.0. The minimum atomic E-state index is -0.706. The quantitative estimate of drug-likeness (QED) is 0.0711. The van der Waals surface area contributed by atoms with Crippen molar-refractivity contribution in [3.63, 3.8) is 0 Å². The van der Waals surface area contributed by atoms with E-state index in [1.54, 1.807) is 0 Å². The van der Waals surface area contributed by atoms with Crippen molar-refractivity contribution in [2.75, 3.05) is 52.9 Å². The molecule has 1 aliphatic carbocycles. The zero-order chi connectivity index (χ0) is 45.7. The molecule has 2 aliphatic heterocycles. The summed E-state index contributed by atoms with van der Waals surface area (Å²) in [6.07, 6.45) is 0.478. The minimum Gasteiger partial charge on any atom is -0.491 e. The van der Waals surface area contributed by atoms with Crippen molar-refractivity contribution in [1.29, 1.82) is 0 Å². The van der Waals surface area contributed by atoms with Crippen LogP contribution in [0.15, 0.2) is 194 Å². The lowest BCUT2D eigenvalue weighted by atomic mass is 9.66. The van der Waals surface area contributed by atoms with Gasteiger partial charge in [0.25, 0.3) is 0 Å². The van der Waals surface area contributed by atoms with Gasteiger partial charge in [-0.25, -0.2) is 0 Å². The number of rotatable bonds is 16. The smallest absolute Gasteiger partial charge is 0.120 e. The normalized spacial score (nSPS) is 16.5. The molecule has 0 radical (unpaired) electrons. The second-order valence-corrected chi connectivity index (χ2v) is 18.6. The van der Waals surface area contributed by atoms with Crippen molar-refractivity contribution in [1.82, 2.24) is 0 Å². The van der Waals surface area contributed by atoms with E-state index in [9.17, 15) is 0 Å². The Labute approximate surface area is 401 Å². The molecule has 3 aliphatic rings. The molecule has 6 nitrogen and oxygen atoms in total. The second-order valence-electron chi connectivity index (χ2n) is 18.6. The molecule has 2 atom stereocenters. The van der Waals surface area contributed by atoms with Crippen molar-refractivity contribution in [2.24, 2.45) is 0 Å². The molecular weight excluding hydrogens is 853 g/mol. The molecule has 0 bridgehead atoms. The van der Waals surface area contributed by atoms with Gasteiger partial charge in [0.05, 0.1) is 45.1 Å². The summed E-state index contributed by atoms with van der Waals surface area (Å²) in [5.74, 6) is 1.65. The molecule has 0 spiro atoms. The number of hydrogen-bond donors (Lipinski definition) is 0. The first-order valence-electron chi connectivity index (χ1n) is 24.1. The third-order valence-electron chi connectivity index (χ3n) is 14.2. The summed E-state index contributed by atoms with van der Waals surface area (Å²) < 4.78 is 34.5.